The van der Waals surface area contributed by atoms with Gasteiger partial charge in [0.15, 0.2) is 17.3 Å². The first-order chi connectivity index (χ1) is 15.1. The normalized spacial score (nSPS) is 15.7. The number of carbonyl (C=O) groups is 1. The van der Waals surface area contributed by atoms with Gasteiger partial charge in [-0.05, 0) is 38.5 Å². The number of nitrogens with zero attached hydrogens (tertiary/aromatic N) is 6. The van der Waals surface area contributed by atoms with Crippen molar-refractivity contribution in [1.29, 1.82) is 0 Å². The molecule has 0 saturated heterocycles. The third-order valence-corrected chi connectivity index (χ3v) is 5.48. The van der Waals surface area contributed by atoms with Gasteiger partial charge < -0.3 is 10.1 Å². The van der Waals surface area contributed by atoms with Gasteiger partial charge in [-0.3, -0.25) is 4.79 Å². The number of amides is 1. The second-order valence-corrected chi connectivity index (χ2v) is 7.66. The van der Waals surface area contributed by atoms with Crippen LogP contribution in [-0.2, 0) is 4.79 Å². The summed E-state index contributed by atoms with van der Waals surface area (Å²) in [4.78, 5) is 12.7. The number of anilines is 1. The lowest BCUT2D eigenvalue weighted by Crippen LogP contribution is -2.25. The Morgan fingerprint density at radius 3 is 2.81 bits per heavy atom. The average molecular weight is 417 g/mol. The van der Waals surface area contributed by atoms with E-state index in [9.17, 15) is 4.79 Å². The first-order valence-corrected chi connectivity index (χ1v) is 10.4. The SMILES string of the molecule is CCCOc1ccccc1[C@@H]1CC(=O)Nc2c1c(C)nn2-c1ccc2nnc(C)n2n1. The van der Waals surface area contributed by atoms with Crippen LogP contribution >= 0.6 is 0 Å². The summed E-state index contributed by atoms with van der Waals surface area (Å²) >= 11 is 0. The van der Waals surface area contributed by atoms with Crippen molar-refractivity contribution < 1.29 is 9.53 Å². The lowest BCUT2D eigenvalue weighted by atomic mass is 9.85. The molecule has 0 radical (unpaired) electrons. The van der Waals surface area contributed by atoms with Gasteiger partial charge in [0, 0.05) is 23.5 Å². The number of aryl methyl sites for hydroxylation is 2. The molecule has 3 aromatic heterocycles. The molecular weight excluding hydrogens is 394 g/mol. The molecular formula is C22H23N7O2. The highest BCUT2D eigenvalue weighted by atomic mass is 16.5. The minimum Gasteiger partial charge on any atom is -0.493 e. The van der Waals surface area contributed by atoms with Gasteiger partial charge in [0.25, 0.3) is 0 Å². The van der Waals surface area contributed by atoms with Gasteiger partial charge in [0.2, 0.25) is 5.91 Å². The van der Waals surface area contributed by atoms with Crippen LogP contribution in [0.3, 0.4) is 0 Å². The molecule has 0 spiro atoms. The molecule has 1 aliphatic heterocycles. The van der Waals surface area contributed by atoms with E-state index >= 15 is 0 Å². The molecule has 0 saturated carbocycles. The summed E-state index contributed by atoms with van der Waals surface area (Å²) in [5.41, 5.74) is 3.47. The summed E-state index contributed by atoms with van der Waals surface area (Å²) in [7, 11) is 0. The lowest BCUT2D eigenvalue weighted by Gasteiger charge is -2.25. The van der Waals surface area contributed by atoms with Crippen molar-refractivity contribution in [1.82, 2.24) is 29.6 Å². The van der Waals surface area contributed by atoms with E-state index in [1.165, 1.54) is 0 Å². The van der Waals surface area contributed by atoms with E-state index in [4.69, 9.17) is 9.84 Å². The maximum atomic E-state index is 12.7. The molecule has 158 valence electrons. The van der Waals surface area contributed by atoms with Crippen LogP contribution in [0.1, 0.15) is 48.3 Å². The standard InChI is InChI=1S/C22H23N7O2/c1-4-11-31-17-8-6-5-7-15(17)16-12-20(30)23-22-21(16)13(2)26-29(22)19-10-9-18-25-24-14(3)28(18)27-19/h5-10,16H,4,11-12H2,1-3H3,(H,23,30)/t16-/m0/s1. The van der Waals surface area contributed by atoms with Gasteiger partial charge in [0.05, 0.1) is 12.3 Å². The Labute approximate surface area is 179 Å². The van der Waals surface area contributed by atoms with Crippen LogP contribution in [0, 0.1) is 13.8 Å². The summed E-state index contributed by atoms with van der Waals surface area (Å²) < 4.78 is 9.33. The third kappa shape index (κ3) is 3.22. The molecule has 1 aliphatic rings. The summed E-state index contributed by atoms with van der Waals surface area (Å²) in [5, 5.41) is 20.5. The Hall–Kier alpha value is -3.75. The van der Waals surface area contributed by atoms with Crippen LogP contribution in [0.2, 0.25) is 0 Å². The van der Waals surface area contributed by atoms with Gasteiger partial charge in [-0.2, -0.15) is 14.3 Å². The van der Waals surface area contributed by atoms with Gasteiger partial charge in [-0.15, -0.1) is 15.3 Å². The number of carbonyl (C=O) groups excluding carboxylic acids is 1. The molecule has 0 bridgehead atoms. The number of aromatic nitrogens is 6. The molecule has 1 N–H and O–H groups in total. The van der Waals surface area contributed by atoms with Crippen LogP contribution in [-0.4, -0.2) is 42.1 Å². The fraction of sp³-hybridized carbons (Fsp3) is 0.318. The molecule has 5 rings (SSSR count). The maximum absolute atomic E-state index is 12.7. The van der Waals surface area contributed by atoms with Crippen LogP contribution in [0.25, 0.3) is 11.5 Å². The minimum absolute atomic E-state index is 0.0644. The van der Waals surface area contributed by atoms with E-state index in [0.29, 0.717) is 36.1 Å². The Kier molecular flexibility index (Phi) is 4.65. The van der Waals surface area contributed by atoms with Crippen molar-refractivity contribution in [2.75, 3.05) is 11.9 Å². The number of benzene rings is 1. The first-order valence-electron chi connectivity index (χ1n) is 10.4. The predicted octanol–water partition coefficient (Wildman–Crippen LogP) is 3.19. The van der Waals surface area contributed by atoms with Gasteiger partial charge in [-0.1, -0.05) is 25.1 Å². The average Bonchev–Trinajstić information content (AvgIpc) is 3.31. The van der Waals surface area contributed by atoms with E-state index in [1.807, 2.05) is 50.2 Å². The highest BCUT2D eigenvalue weighted by molar-refractivity contribution is 5.95. The minimum atomic E-state index is -0.147. The molecule has 31 heavy (non-hydrogen) atoms. The molecule has 4 aromatic rings. The zero-order chi connectivity index (χ0) is 21.5. The Bertz CT molecular complexity index is 1290. The largest absolute Gasteiger partial charge is 0.493 e. The first kappa shape index (κ1) is 19.2. The van der Waals surface area contributed by atoms with E-state index in [0.717, 1.165) is 29.0 Å². The third-order valence-electron chi connectivity index (χ3n) is 5.48. The molecule has 1 amide bonds. The molecule has 1 atom stereocenters. The monoisotopic (exact) mass is 417 g/mol. The predicted molar refractivity (Wildman–Crippen MR) is 115 cm³/mol. The van der Waals surface area contributed by atoms with Crippen LogP contribution in [0.5, 0.6) is 5.75 Å². The Balaban J connectivity index is 1.64. The topological polar surface area (TPSA) is 99.2 Å². The molecule has 0 fully saturated rings. The number of nitrogens with one attached hydrogen (secondary N) is 1. The van der Waals surface area contributed by atoms with Crippen molar-refractivity contribution in [2.24, 2.45) is 0 Å². The highest BCUT2D eigenvalue weighted by Gasteiger charge is 2.34. The van der Waals surface area contributed by atoms with Crippen molar-refractivity contribution in [3.63, 3.8) is 0 Å². The second kappa shape index (κ2) is 7.50. The molecule has 4 heterocycles. The van der Waals surface area contributed by atoms with E-state index in [-0.39, 0.29) is 11.8 Å². The number of rotatable bonds is 5. The summed E-state index contributed by atoms with van der Waals surface area (Å²) in [6.07, 6.45) is 1.25. The summed E-state index contributed by atoms with van der Waals surface area (Å²) in [5.74, 6) is 2.49. The fourth-order valence-corrected chi connectivity index (χ4v) is 4.09. The summed E-state index contributed by atoms with van der Waals surface area (Å²) in [6, 6.07) is 11.6. The summed E-state index contributed by atoms with van der Waals surface area (Å²) in [6.45, 7) is 6.50. The van der Waals surface area contributed by atoms with Crippen LogP contribution in [0.4, 0.5) is 5.82 Å². The Morgan fingerprint density at radius 1 is 1.13 bits per heavy atom. The lowest BCUT2D eigenvalue weighted by molar-refractivity contribution is -0.116. The maximum Gasteiger partial charge on any atom is 0.226 e. The molecule has 1 aromatic carbocycles. The van der Waals surface area contributed by atoms with Crippen LogP contribution < -0.4 is 10.1 Å². The number of hydrogen-bond donors (Lipinski definition) is 1. The molecule has 0 unspecified atom stereocenters. The smallest absolute Gasteiger partial charge is 0.226 e. The fourth-order valence-electron chi connectivity index (χ4n) is 4.09. The van der Waals surface area contributed by atoms with Crippen molar-refractivity contribution in [2.45, 2.75) is 39.5 Å². The number of para-hydroxylation sites is 1. The number of hydrogen-bond acceptors (Lipinski definition) is 6. The van der Waals surface area contributed by atoms with Gasteiger partial charge >= 0.3 is 0 Å². The zero-order valence-electron chi connectivity index (χ0n) is 17.7. The Morgan fingerprint density at radius 2 is 1.97 bits per heavy atom. The van der Waals surface area contributed by atoms with Crippen LogP contribution in [0.15, 0.2) is 36.4 Å². The number of ether oxygens (including phenoxy) is 1. The van der Waals surface area contributed by atoms with Gasteiger partial charge in [0.1, 0.15) is 11.6 Å². The zero-order valence-corrected chi connectivity index (χ0v) is 17.7. The van der Waals surface area contributed by atoms with Crippen molar-refractivity contribution in [3.8, 4) is 11.6 Å². The molecule has 0 aliphatic carbocycles. The second-order valence-electron chi connectivity index (χ2n) is 7.66. The van der Waals surface area contributed by atoms with E-state index in [2.05, 4.69) is 27.5 Å². The molecule has 9 heteroatoms. The van der Waals surface area contributed by atoms with Gasteiger partial charge in [-0.25, -0.2) is 0 Å². The van der Waals surface area contributed by atoms with E-state index in [1.54, 1.807) is 9.20 Å². The quantitative estimate of drug-likeness (QED) is 0.535. The number of fused-ring (bicyclic) bond motifs is 2. The van der Waals surface area contributed by atoms with Crippen molar-refractivity contribution in [3.05, 3.63) is 59.0 Å². The van der Waals surface area contributed by atoms with E-state index < -0.39 is 0 Å². The van der Waals surface area contributed by atoms with Crippen molar-refractivity contribution >= 4 is 17.4 Å². The highest BCUT2D eigenvalue weighted by Crippen LogP contribution is 2.42. The molecule has 9 nitrogen and oxygen atoms in total.